The van der Waals surface area contributed by atoms with Crippen LogP contribution >= 0.6 is 0 Å². The summed E-state index contributed by atoms with van der Waals surface area (Å²) in [6.07, 6.45) is 1.85. The molecule has 0 saturated heterocycles. The van der Waals surface area contributed by atoms with Crippen LogP contribution in [-0.4, -0.2) is 20.5 Å². The number of nitrogens with one attached hydrogen (secondary N) is 1. The summed E-state index contributed by atoms with van der Waals surface area (Å²) in [5, 5.41) is 6.87. The zero-order chi connectivity index (χ0) is 14.1. The quantitative estimate of drug-likeness (QED) is 0.694. The van der Waals surface area contributed by atoms with Crippen molar-refractivity contribution in [2.45, 2.75) is 6.92 Å². The van der Waals surface area contributed by atoms with Crippen LogP contribution in [0.4, 0.5) is 11.6 Å². The number of aryl methyl sites for hydroxylation is 1. The second-order valence-electron chi connectivity index (χ2n) is 4.52. The zero-order valence-electron chi connectivity index (χ0n) is 10.9. The topological polar surface area (TPSA) is 85.3 Å². The summed E-state index contributed by atoms with van der Waals surface area (Å²) in [4.78, 5) is 16.3. The molecule has 6 heteroatoms. The van der Waals surface area contributed by atoms with Crippen LogP contribution in [0, 0.1) is 6.92 Å². The summed E-state index contributed by atoms with van der Waals surface area (Å²) in [6, 6.07) is 10.5. The molecule has 0 atom stereocenters. The number of fused-ring (bicyclic) bond motifs is 1. The van der Waals surface area contributed by atoms with Gasteiger partial charge in [0.05, 0.1) is 0 Å². The van der Waals surface area contributed by atoms with Gasteiger partial charge >= 0.3 is 0 Å². The van der Waals surface area contributed by atoms with Gasteiger partial charge in [-0.05, 0) is 42.8 Å². The molecule has 3 N–H and O–H groups in total. The van der Waals surface area contributed by atoms with Gasteiger partial charge in [0.25, 0.3) is 5.91 Å². The molecule has 0 radical (unpaired) electrons. The van der Waals surface area contributed by atoms with Crippen LogP contribution < -0.4 is 11.1 Å². The molecule has 2 heterocycles. The summed E-state index contributed by atoms with van der Waals surface area (Å²) in [7, 11) is 0. The third kappa shape index (κ3) is 2.31. The standard InChI is InChI=1S/C14H13N5O/c1-9-2-7-12-16-14(18-19(12)8-9)17-13(20)10-3-5-11(15)6-4-10/h2-8H,15H2,1H3,(H,17,18,20). The number of nitrogens with two attached hydrogens (primary N) is 1. The summed E-state index contributed by atoms with van der Waals surface area (Å²) < 4.78 is 1.63. The number of nitrogens with zero attached hydrogens (tertiary/aromatic N) is 3. The molecule has 0 aliphatic heterocycles. The zero-order valence-corrected chi connectivity index (χ0v) is 10.9. The lowest BCUT2D eigenvalue weighted by molar-refractivity contribution is 0.102. The Morgan fingerprint density at radius 2 is 1.95 bits per heavy atom. The first-order valence-electron chi connectivity index (χ1n) is 6.12. The van der Waals surface area contributed by atoms with Gasteiger partial charge in [-0.1, -0.05) is 6.07 Å². The molecular weight excluding hydrogens is 254 g/mol. The molecule has 20 heavy (non-hydrogen) atoms. The Bertz CT molecular complexity index is 776. The second kappa shape index (κ2) is 4.65. The van der Waals surface area contributed by atoms with E-state index in [0.717, 1.165) is 5.56 Å². The van der Waals surface area contributed by atoms with Gasteiger partial charge in [0, 0.05) is 17.4 Å². The van der Waals surface area contributed by atoms with Crippen molar-refractivity contribution in [1.29, 1.82) is 0 Å². The number of rotatable bonds is 2. The van der Waals surface area contributed by atoms with Crippen LogP contribution in [0.3, 0.4) is 0 Å². The van der Waals surface area contributed by atoms with E-state index in [1.807, 2.05) is 25.3 Å². The minimum Gasteiger partial charge on any atom is -0.399 e. The molecule has 3 aromatic rings. The van der Waals surface area contributed by atoms with Gasteiger partial charge < -0.3 is 5.73 Å². The van der Waals surface area contributed by atoms with Gasteiger partial charge in [-0.25, -0.2) is 4.52 Å². The Morgan fingerprint density at radius 1 is 1.20 bits per heavy atom. The van der Waals surface area contributed by atoms with Crippen molar-refractivity contribution in [1.82, 2.24) is 14.6 Å². The maximum absolute atomic E-state index is 12.0. The lowest BCUT2D eigenvalue weighted by Gasteiger charge is -2.00. The van der Waals surface area contributed by atoms with Gasteiger partial charge in [-0.3, -0.25) is 10.1 Å². The van der Waals surface area contributed by atoms with Crippen molar-refractivity contribution in [2.75, 3.05) is 11.1 Å². The first-order chi connectivity index (χ1) is 9.61. The Balaban J connectivity index is 1.85. The number of amides is 1. The Labute approximate surface area is 115 Å². The van der Waals surface area contributed by atoms with E-state index >= 15 is 0 Å². The number of aromatic nitrogens is 3. The van der Waals surface area contributed by atoms with E-state index in [0.29, 0.717) is 16.9 Å². The first kappa shape index (κ1) is 12.2. The number of pyridine rings is 1. The molecule has 1 amide bonds. The molecule has 0 spiro atoms. The highest BCUT2D eigenvalue weighted by atomic mass is 16.1. The van der Waals surface area contributed by atoms with E-state index < -0.39 is 0 Å². The molecule has 100 valence electrons. The van der Waals surface area contributed by atoms with Crippen LogP contribution in [0.15, 0.2) is 42.6 Å². The third-order valence-electron chi connectivity index (χ3n) is 2.88. The van der Waals surface area contributed by atoms with Gasteiger partial charge in [0.15, 0.2) is 5.65 Å². The average molecular weight is 267 g/mol. The molecule has 0 bridgehead atoms. The predicted molar refractivity (Wildman–Crippen MR) is 76.5 cm³/mol. The maximum atomic E-state index is 12.0. The second-order valence-corrected chi connectivity index (χ2v) is 4.52. The van der Waals surface area contributed by atoms with E-state index in [2.05, 4.69) is 15.4 Å². The minimum atomic E-state index is -0.266. The molecule has 2 aromatic heterocycles. The normalized spacial score (nSPS) is 10.7. The highest BCUT2D eigenvalue weighted by Gasteiger charge is 2.09. The molecule has 6 nitrogen and oxygen atoms in total. The van der Waals surface area contributed by atoms with Gasteiger partial charge in [0.2, 0.25) is 5.95 Å². The maximum Gasteiger partial charge on any atom is 0.258 e. The van der Waals surface area contributed by atoms with E-state index in [-0.39, 0.29) is 11.9 Å². The van der Waals surface area contributed by atoms with Gasteiger partial charge in [0.1, 0.15) is 0 Å². The summed E-state index contributed by atoms with van der Waals surface area (Å²) in [5.74, 6) is 0.00931. The van der Waals surface area contributed by atoms with Crippen molar-refractivity contribution in [2.24, 2.45) is 0 Å². The average Bonchev–Trinajstić information content (AvgIpc) is 2.80. The van der Waals surface area contributed by atoms with Crippen molar-refractivity contribution >= 4 is 23.2 Å². The Morgan fingerprint density at radius 3 is 2.70 bits per heavy atom. The van der Waals surface area contributed by atoms with Crippen molar-refractivity contribution < 1.29 is 4.79 Å². The van der Waals surface area contributed by atoms with Crippen molar-refractivity contribution in [3.05, 3.63) is 53.7 Å². The highest BCUT2D eigenvalue weighted by Crippen LogP contribution is 2.10. The van der Waals surface area contributed by atoms with Crippen LogP contribution in [0.25, 0.3) is 5.65 Å². The van der Waals surface area contributed by atoms with E-state index in [1.54, 1.807) is 28.8 Å². The van der Waals surface area contributed by atoms with Crippen molar-refractivity contribution in [3.63, 3.8) is 0 Å². The Hall–Kier alpha value is -2.89. The molecule has 1 aromatic carbocycles. The molecule has 0 aliphatic rings. The third-order valence-corrected chi connectivity index (χ3v) is 2.88. The van der Waals surface area contributed by atoms with Crippen LogP contribution in [0.1, 0.15) is 15.9 Å². The molecule has 0 unspecified atom stereocenters. The molecule has 0 aliphatic carbocycles. The molecule has 0 fully saturated rings. The van der Waals surface area contributed by atoms with Gasteiger partial charge in [-0.2, -0.15) is 4.98 Å². The van der Waals surface area contributed by atoms with E-state index in [1.165, 1.54) is 0 Å². The highest BCUT2D eigenvalue weighted by molar-refractivity contribution is 6.03. The fraction of sp³-hybridized carbons (Fsp3) is 0.0714. The molecular formula is C14H13N5O. The SMILES string of the molecule is Cc1ccc2nc(NC(=O)c3ccc(N)cc3)nn2c1. The predicted octanol–water partition coefficient (Wildman–Crippen LogP) is 1.87. The fourth-order valence-corrected chi connectivity index (χ4v) is 1.85. The monoisotopic (exact) mass is 267 g/mol. The molecule has 0 saturated carbocycles. The number of anilines is 2. The minimum absolute atomic E-state index is 0.266. The summed E-state index contributed by atoms with van der Waals surface area (Å²) in [6.45, 7) is 1.97. The van der Waals surface area contributed by atoms with E-state index in [9.17, 15) is 4.79 Å². The molecule has 3 rings (SSSR count). The number of hydrogen-bond donors (Lipinski definition) is 2. The number of carbonyl (C=O) groups excluding carboxylic acids is 1. The lowest BCUT2D eigenvalue weighted by atomic mass is 10.2. The van der Waals surface area contributed by atoms with Crippen LogP contribution in [0.5, 0.6) is 0 Å². The smallest absolute Gasteiger partial charge is 0.258 e. The van der Waals surface area contributed by atoms with Crippen LogP contribution in [-0.2, 0) is 0 Å². The largest absolute Gasteiger partial charge is 0.399 e. The van der Waals surface area contributed by atoms with E-state index in [4.69, 9.17) is 5.73 Å². The van der Waals surface area contributed by atoms with Gasteiger partial charge in [-0.15, -0.1) is 5.10 Å². The summed E-state index contributed by atoms with van der Waals surface area (Å²) in [5.41, 5.74) is 8.46. The Kier molecular flexibility index (Phi) is 2.83. The first-order valence-corrected chi connectivity index (χ1v) is 6.12. The lowest BCUT2D eigenvalue weighted by Crippen LogP contribution is -2.13. The number of hydrogen-bond acceptors (Lipinski definition) is 4. The fourth-order valence-electron chi connectivity index (χ4n) is 1.85. The number of nitrogen functional groups attached to an aromatic ring is 1. The van der Waals surface area contributed by atoms with Crippen molar-refractivity contribution in [3.8, 4) is 0 Å². The van der Waals surface area contributed by atoms with Crippen LogP contribution in [0.2, 0.25) is 0 Å². The number of benzene rings is 1. The number of carbonyl (C=O) groups is 1. The summed E-state index contributed by atoms with van der Waals surface area (Å²) >= 11 is 0.